The van der Waals surface area contributed by atoms with Crippen molar-refractivity contribution in [3.05, 3.63) is 51.6 Å². The van der Waals surface area contributed by atoms with Crippen molar-refractivity contribution in [3.63, 3.8) is 0 Å². The molecule has 1 atom stereocenters. The van der Waals surface area contributed by atoms with Crippen LogP contribution in [0.2, 0.25) is 0 Å². The van der Waals surface area contributed by atoms with Crippen molar-refractivity contribution >= 4 is 17.5 Å². The molecule has 1 aromatic heterocycles. The van der Waals surface area contributed by atoms with Gasteiger partial charge in [-0.2, -0.15) is 0 Å². The molecular weight excluding hydrogens is 384 g/mol. The predicted molar refractivity (Wildman–Crippen MR) is 103 cm³/mol. The molecule has 2 aromatic rings. The monoisotopic (exact) mass is 407 g/mol. The Balaban J connectivity index is 1.69. The van der Waals surface area contributed by atoms with Crippen molar-refractivity contribution in [1.29, 1.82) is 0 Å². The second-order valence-corrected chi connectivity index (χ2v) is 8.08. The molecule has 0 saturated heterocycles. The molecule has 0 bridgehead atoms. The van der Waals surface area contributed by atoms with Crippen LogP contribution in [0.25, 0.3) is 0 Å². The van der Waals surface area contributed by atoms with Crippen LogP contribution in [0, 0.1) is 25.5 Å². The second-order valence-electron chi connectivity index (χ2n) is 7.82. The van der Waals surface area contributed by atoms with Gasteiger partial charge in [0.1, 0.15) is 11.7 Å². The van der Waals surface area contributed by atoms with Crippen molar-refractivity contribution in [3.8, 4) is 0 Å². The molecule has 0 spiro atoms. The molecule has 2 aliphatic rings. The molecule has 0 saturated carbocycles. The smallest absolute Gasteiger partial charge is 0.238 e. The number of hydrogen-bond donors (Lipinski definition) is 0. The molecule has 0 radical (unpaired) electrons. The fraction of sp³-hybridized carbons (Fsp3) is 0.524. The van der Waals surface area contributed by atoms with Gasteiger partial charge < -0.3 is 9.47 Å². The topological polar surface area (TPSA) is 38.1 Å². The lowest BCUT2D eigenvalue weighted by atomic mass is 9.96. The van der Waals surface area contributed by atoms with E-state index in [1.165, 1.54) is 0 Å². The van der Waals surface area contributed by atoms with Gasteiger partial charge in [-0.3, -0.25) is 4.79 Å². The van der Waals surface area contributed by atoms with Crippen LogP contribution >= 0.6 is 11.6 Å². The van der Waals surface area contributed by atoms with E-state index >= 15 is 0 Å². The zero-order valence-electron chi connectivity index (χ0n) is 16.2. The van der Waals surface area contributed by atoms with Gasteiger partial charge in [0.05, 0.1) is 6.04 Å². The second kappa shape index (κ2) is 7.47. The molecular formula is C21H24ClF2N3O. The Bertz CT molecular complexity index is 940. The molecule has 4 nitrogen and oxygen atoms in total. The third-order valence-corrected chi connectivity index (χ3v) is 6.51. The average Bonchev–Trinajstić information content (AvgIpc) is 3.33. The number of aromatic nitrogens is 2. The van der Waals surface area contributed by atoms with Gasteiger partial charge in [0.25, 0.3) is 0 Å². The van der Waals surface area contributed by atoms with Gasteiger partial charge in [0.2, 0.25) is 5.91 Å². The number of benzene rings is 1. The van der Waals surface area contributed by atoms with Gasteiger partial charge in [0, 0.05) is 37.0 Å². The summed E-state index contributed by atoms with van der Waals surface area (Å²) in [6.45, 7) is 4.45. The van der Waals surface area contributed by atoms with Crippen LogP contribution in [-0.2, 0) is 37.1 Å². The van der Waals surface area contributed by atoms with E-state index in [0.717, 1.165) is 48.3 Å². The zero-order chi connectivity index (χ0) is 20.0. The Morgan fingerprint density at radius 2 is 2.00 bits per heavy atom. The molecule has 1 amide bonds. The number of carbonyl (C=O) groups excluding carboxylic acids is 1. The highest BCUT2D eigenvalue weighted by Crippen LogP contribution is 2.34. The lowest BCUT2D eigenvalue weighted by molar-refractivity contribution is -0.132. The Kier molecular flexibility index (Phi) is 5.17. The van der Waals surface area contributed by atoms with Crippen molar-refractivity contribution in [2.24, 2.45) is 0 Å². The minimum absolute atomic E-state index is 0.0428. The van der Waals surface area contributed by atoms with Crippen LogP contribution in [-0.4, -0.2) is 32.3 Å². The highest BCUT2D eigenvalue weighted by atomic mass is 35.5. The number of amides is 1. The average molecular weight is 408 g/mol. The summed E-state index contributed by atoms with van der Waals surface area (Å²) in [6.07, 6.45) is 5.47. The Morgan fingerprint density at radius 1 is 1.25 bits per heavy atom. The summed E-state index contributed by atoms with van der Waals surface area (Å²) in [5.41, 5.74) is 3.50. The third-order valence-electron chi connectivity index (χ3n) is 6.28. The lowest BCUT2D eigenvalue weighted by Gasteiger charge is -2.35. The molecule has 1 aromatic carbocycles. The van der Waals surface area contributed by atoms with E-state index in [4.69, 9.17) is 11.6 Å². The molecule has 0 N–H and O–H groups in total. The van der Waals surface area contributed by atoms with E-state index < -0.39 is 11.6 Å². The quantitative estimate of drug-likeness (QED) is 0.722. The van der Waals surface area contributed by atoms with E-state index in [9.17, 15) is 13.6 Å². The first-order valence-electron chi connectivity index (χ1n) is 9.77. The highest BCUT2D eigenvalue weighted by molar-refractivity contribution is 6.27. The molecule has 0 fully saturated rings. The first-order chi connectivity index (χ1) is 13.4. The minimum atomic E-state index is -0.819. The summed E-state index contributed by atoms with van der Waals surface area (Å²) < 4.78 is 31.6. The molecule has 4 rings (SSSR count). The summed E-state index contributed by atoms with van der Waals surface area (Å²) >= 11 is 5.87. The fourth-order valence-corrected chi connectivity index (χ4v) is 4.83. The Morgan fingerprint density at radius 3 is 2.75 bits per heavy atom. The normalized spacial score (nSPS) is 18.1. The SMILES string of the molecule is Cc1c(CN(C(=O)CCl)C2CCc3ncc(C)n3C2)c(F)c(F)c2c1CCC2. The van der Waals surface area contributed by atoms with Gasteiger partial charge in [-0.05, 0) is 56.2 Å². The van der Waals surface area contributed by atoms with Gasteiger partial charge in [-0.15, -0.1) is 11.6 Å². The molecule has 28 heavy (non-hydrogen) atoms. The number of fused-ring (bicyclic) bond motifs is 2. The van der Waals surface area contributed by atoms with Crippen molar-refractivity contribution in [2.75, 3.05) is 5.88 Å². The number of halogens is 3. The highest BCUT2D eigenvalue weighted by Gasteiger charge is 2.32. The third kappa shape index (κ3) is 3.11. The summed E-state index contributed by atoms with van der Waals surface area (Å²) in [6, 6.07) is -0.123. The summed E-state index contributed by atoms with van der Waals surface area (Å²) in [5, 5.41) is 0. The Labute approximate surface area is 168 Å². The first kappa shape index (κ1) is 19.4. The fourth-order valence-electron chi connectivity index (χ4n) is 4.68. The molecule has 1 aliphatic carbocycles. The van der Waals surface area contributed by atoms with E-state index in [-0.39, 0.29) is 29.9 Å². The van der Waals surface area contributed by atoms with Gasteiger partial charge in [-0.1, -0.05) is 0 Å². The minimum Gasteiger partial charge on any atom is -0.332 e. The lowest BCUT2D eigenvalue weighted by Crippen LogP contribution is -2.45. The largest absolute Gasteiger partial charge is 0.332 e. The molecule has 150 valence electrons. The maximum absolute atomic E-state index is 14.9. The van der Waals surface area contributed by atoms with Crippen LogP contribution < -0.4 is 0 Å². The van der Waals surface area contributed by atoms with E-state index in [0.29, 0.717) is 18.5 Å². The van der Waals surface area contributed by atoms with E-state index in [1.807, 2.05) is 20.0 Å². The van der Waals surface area contributed by atoms with Gasteiger partial charge >= 0.3 is 0 Å². The van der Waals surface area contributed by atoms with E-state index in [2.05, 4.69) is 9.55 Å². The van der Waals surface area contributed by atoms with Crippen molar-refractivity contribution < 1.29 is 13.6 Å². The molecule has 1 aliphatic heterocycles. The van der Waals surface area contributed by atoms with Crippen LogP contribution in [0.3, 0.4) is 0 Å². The van der Waals surface area contributed by atoms with Crippen molar-refractivity contribution in [2.45, 2.75) is 65.1 Å². The van der Waals surface area contributed by atoms with Crippen molar-refractivity contribution in [1.82, 2.24) is 14.5 Å². The van der Waals surface area contributed by atoms with Crippen LogP contribution in [0.15, 0.2) is 6.20 Å². The predicted octanol–water partition coefficient (Wildman–Crippen LogP) is 3.85. The maximum atomic E-state index is 14.9. The summed E-state index contributed by atoms with van der Waals surface area (Å²) in [4.78, 5) is 18.7. The maximum Gasteiger partial charge on any atom is 0.238 e. The molecule has 1 unspecified atom stereocenters. The zero-order valence-corrected chi connectivity index (χ0v) is 17.0. The standard InChI is InChI=1S/C21H24ClF2N3O/c1-12-9-25-18-7-6-14(10-26(12)18)27(19(28)8-22)11-17-13(2)15-4-3-5-16(15)20(23)21(17)24/h9,14H,3-8,10-11H2,1-2H3. The van der Waals surface area contributed by atoms with Crippen LogP contribution in [0.4, 0.5) is 8.78 Å². The molecule has 2 heterocycles. The Hall–Kier alpha value is -1.95. The van der Waals surface area contributed by atoms with Crippen LogP contribution in [0.5, 0.6) is 0 Å². The van der Waals surface area contributed by atoms with Crippen LogP contribution in [0.1, 0.15) is 46.6 Å². The first-order valence-corrected chi connectivity index (χ1v) is 10.3. The number of aryl methyl sites for hydroxylation is 2. The van der Waals surface area contributed by atoms with Gasteiger partial charge in [-0.25, -0.2) is 13.8 Å². The van der Waals surface area contributed by atoms with Gasteiger partial charge in [0.15, 0.2) is 11.6 Å². The number of hydrogen-bond acceptors (Lipinski definition) is 2. The summed E-state index contributed by atoms with van der Waals surface area (Å²) in [5.74, 6) is -1.01. The number of carbonyl (C=O) groups is 1. The molecule has 7 heteroatoms. The van der Waals surface area contributed by atoms with E-state index in [1.54, 1.807) is 4.90 Å². The number of rotatable bonds is 4. The number of imidazole rings is 1. The number of alkyl halides is 1. The number of nitrogens with zero attached hydrogens (tertiary/aromatic N) is 3. The summed E-state index contributed by atoms with van der Waals surface area (Å²) in [7, 11) is 0.